The second-order valence-corrected chi connectivity index (χ2v) is 22.8. The molecule has 3 saturated heterocycles. The topological polar surface area (TPSA) is 202 Å². The van der Waals surface area contributed by atoms with E-state index in [2.05, 4.69) is 38.9 Å². The van der Waals surface area contributed by atoms with E-state index in [0.717, 1.165) is 107 Å². The van der Waals surface area contributed by atoms with Crippen molar-refractivity contribution in [1.82, 2.24) is 14.7 Å². The van der Waals surface area contributed by atoms with Crippen LogP contribution in [0.15, 0.2) is 132 Å². The molecule has 6 aliphatic rings. The fourth-order valence-electron chi connectivity index (χ4n) is 12.1. The number of carbonyl (C=O) groups is 4. The summed E-state index contributed by atoms with van der Waals surface area (Å²) in [5, 5.41) is 0. The van der Waals surface area contributed by atoms with Gasteiger partial charge in [0.1, 0.15) is 23.0 Å². The molecule has 6 aromatic rings. The molecule has 0 aromatic heterocycles. The Balaban J connectivity index is 0.000000138. The predicted molar refractivity (Wildman–Crippen MR) is 305 cm³/mol. The van der Waals surface area contributed by atoms with Crippen LogP contribution < -0.4 is 36.1 Å². The highest BCUT2D eigenvalue weighted by molar-refractivity contribution is 9.10. The van der Waals surface area contributed by atoms with E-state index in [4.69, 9.17) is 36.1 Å². The maximum atomic E-state index is 12.9. The molecule has 0 radical (unpaired) electrons. The van der Waals surface area contributed by atoms with Gasteiger partial charge in [-0.3, -0.25) is 14.4 Å². The molecule has 0 unspecified atom stereocenters. The molecule has 3 spiro atoms. The number of hydrogen-bond donors (Lipinski definition) is 3. The normalized spacial score (nSPS) is 17.6. The Morgan fingerprint density at radius 3 is 1.21 bits per heavy atom. The van der Waals surface area contributed by atoms with Gasteiger partial charge in [0, 0.05) is 113 Å². The maximum Gasteiger partial charge on any atom is 0.573 e. The number of esters is 1. The van der Waals surface area contributed by atoms with Crippen molar-refractivity contribution < 1.29 is 56.0 Å². The molecule has 6 N–H and O–H groups in total. The third kappa shape index (κ3) is 12.2. The number of piperidine rings is 3. The molecule has 6 heterocycles. The molecule has 19 heteroatoms. The fourth-order valence-corrected chi connectivity index (χ4v) is 12.4. The van der Waals surface area contributed by atoms with Crippen LogP contribution in [0.1, 0.15) is 113 Å². The third-order valence-corrected chi connectivity index (χ3v) is 17.6. The van der Waals surface area contributed by atoms with Crippen molar-refractivity contribution in [2.24, 2.45) is 17.2 Å². The van der Waals surface area contributed by atoms with Gasteiger partial charge in [0.15, 0.2) is 0 Å². The molecule has 0 aliphatic carbocycles. The standard InChI is InChI=1S/C22H24N2O4.C21H21F3N2O3.C20H21BrN2O2/c1-27-21(26)17-5-3-16(4-6-17)20(25)24-10-8-22(9-11-24)14-28-19-7-2-15(13-23)12-18(19)22;22-21(23,24)29-16-3-1-2-15(11-16)19(27)26-8-6-20(7-9-26)13-28-18-5-4-14(12-25)10-17(18)20;21-16-4-2-15(3-5-16)19(24)23-9-7-20(8-10-23)13-25-18-6-1-14(12-22)11-17(18)20/h2-7,12H,8-11,13-14,23H2,1H3;1-5,10-11H,6-9,12-13,25H2;1-6,11H,7-10,12-13,22H2. The Labute approximate surface area is 482 Å². The Bertz CT molecular complexity index is 3320. The van der Waals surface area contributed by atoms with E-state index in [1.165, 1.54) is 36.4 Å². The Morgan fingerprint density at radius 2 is 0.854 bits per heavy atom. The fraction of sp³-hybridized carbons (Fsp3) is 0.365. The lowest BCUT2D eigenvalue weighted by molar-refractivity contribution is -0.274. The largest absolute Gasteiger partial charge is 0.573 e. The van der Waals surface area contributed by atoms with Gasteiger partial charge in [0.25, 0.3) is 17.7 Å². The molecule has 3 fully saturated rings. The molecular weight excluding hydrogens is 1120 g/mol. The van der Waals surface area contributed by atoms with E-state index in [1.54, 1.807) is 29.2 Å². The highest BCUT2D eigenvalue weighted by atomic mass is 79.9. The van der Waals surface area contributed by atoms with Crippen molar-refractivity contribution >= 4 is 39.6 Å². The van der Waals surface area contributed by atoms with Crippen LogP contribution in [-0.2, 0) is 40.6 Å². The van der Waals surface area contributed by atoms with Crippen LogP contribution >= 0.6 is 15.9 Å². The van der Waals surface area contributed by atoms with Gasteiger partial charge >= 0.3 is 12.3 Å². The van der Waals surface area contributed by atoms with E-state index in [-0.39, 0.29) is 39.5 Å². The van der Waals surface area contributed by atoms with Crippen molar-refractivity contribution in [3.8, 4) is 23.0 Å². The smallest absolute Gasteiger partial charge is 0.492 e. The lowest BCUT2D eigenvalue weighted by atomic mass is 9.74. The predicted octanol–water partition coefficient (Wildman–Crippen LogP) is 9.58. The number of methoxy groups -OCH3 is 1. The van der Waals surface area contributed by atoms with Crippen molar-refractivity contribution in [2.45, 2.75) is 80.8 Å². The number of amides is 3. The highest BCUT2D eigenvalue weighted by Gasteiger charge is 2.47. The first-order chi connectivity index (χ1) is 39.5. The third-order valence-electron chi connectivity index (χ3n) is 17.0. The van der Waals surface area contributed by atoms with E-state index < -0.39 is 18.1 Å². The van der Waals surface area contributed by atoms with Gasteiger partial charge in [-0.25, -0.2) is 4.79 Å². The minimum absolute atomic E-state index is 0.0129. The number of halogens is 4. The van der Waals surface area contributed by atoms with Crippen LogP contribution in [0.3, 0.4) is 0 Å². The summed E-state index contributed by atoms with van der Waals surface area (Å²) in [5.41, 5.74) is 26.0. The molecule has 12 rings (SSSR count). The summed E-state index contributed by atoms with van der Waals surface area (Å²) in [6.45, 7) is 7.28. The average Bonchev–Trinajstić information content (AvgIpc) is 4.29. The van der Waals surface area contributed by atoms with Crippen LogP contribution in [0.25, 0.3) is 0 Å². The number of ether oxygens (including phenoxy) is 5. The van der Waals surface area contributed by atoms with Gasteiger partial charge in [0.05, 0.1) is 32.5 Å². The number of alkyl halides is 3. The monoisotopic (exact) mass is 1190 g/mol. The molecule has 3 amide bonds. The molecule has 6 aromatic carbocycles. The molecule has 0 bridgehead atoms. The van der Waals surface area contributed by atoms with Crippen LogP contribution in [0.5, 0.6) is 23.0 Å². The van der Waals surface area contributed by atoms with Crippen molar-refractivity contribution in [3.63, 3.8) is 0 Å². The number of likely N-dealkylation sites (tertiary alicyclic amines) is 3. The van der Waals surface area contributed by atoms with Gasteiger partial charge < -0.3 is 55.6 Å². The van der Waals surface area contributed by atoms with E-state index in [9.17, 15) is 32.3 Å². The summed E-state index contributed by atoms with van der Waals surface area (Å²) in [5.74, 6) is 1.76. The first-order valence-corrected chi connectivity index (χ1v) is 28.3. The van der Waals surface area contributed by atoms with E-state index >= 15 is 0 Å². The second-order valence-electron chi connectivity index (χ2n) is 21.8. The van der Waals surface area contributed by atoms with Gasteiger partial charge in [-0.05, 0) is 140 Å². The summed E-state index contributed by atoms with van der Waals surface area (Å²) in [4.78, 5) is 55.4. The second kappa shape index (κ2) is 24.2. The average molecular weight is 1190 g/mol. The minimum Gasteiger partial charge on any atom is -0.492 e. The molecule has 430 valence electrons. The van der Waals surface area contributed by atoms with Crippen LogP contribution in [0.2, 0.25) is 0 Å². The quantitative estimate of drug-likeness (QED) is 0.122. The van der Waals surface area contributed by atoms with Gasteiger partial charge in [0.2, 0.25) is 0 Å². The lowest BCUT2D eigenvalue weighted by Crippen LogP contribution is -2.46. The zero-order chi connectivity index (χ0) is 57.8. The first kappa shape index (κ1) is 57.8. The maximum absolute atomic E-state index is 12.9. The summed E-state index contributed by atoms with van der Waals surface area (Å²) >= 11 is 3.41. The SMILES string of the molecule is COC(=O)c1ccc(C(=O)N2CCC3(CC2)COc2ccc(CN)cc23)cc1.NCc1ccc2c(c1)C1(CCN(C(=O)c3ccc(Br)cc3)CC1)CO2.NCc1ccc2c(c1)C1(CCN(C(=O)c3cccc(OC(F)(F)F)c3)CC1)CO2. The molecule has 6 aliphatic heterocycles. The lowest BCUT2D eigenvalue weighted by Gasteiger charge is -2.38. The molecule has 0 saturated carbocycles. The summed E-state index contributed by atoms with van der Waals surface area (Å²) in [7, 11) is 1.34. The Kier molecular flexibility index (Phi) is 17.0. The van der Waals surface area contributed by atoms with Gasteiger partial charge in [-0.15, -0.1) is 13.2 Å². The number of rotatable bonds is 8. The molecule has 82 heavy (non-hydrogen) atoms. The van der Waals surface area contributed by atoms with E-state index in [1.807, 2.05) is 70.5 Å². The number of fused-ring (bicyclic) bond motifs is 6. The highest BCUT2D eigenvalue weighted by Crippen LogP contribution is 2.49. The number of nitrogens with zero attached hydrogens (tertiary/aromatic N) is 3. The van der Waals surface area contributed by atoms with Crippen molar-refractivity contribution in [1.29, 1.82) is 0 Å². The van der Waals surface area contributed by atoms with Crippen molar-refractivity contribution in [3.05, 3.63) is 188 Å². The number of carbonyl (C=O) groups excluding carboxylic acids is 4. The van der Waals surface area contributed by atoms with Crippen molar-refractivity contribution in [2.75, 3.05) is 66.2 Å². The number of nitrogens with two attached hydrogens (primary N) is 3. The summed E-state index contributed by atoms with van der Waals surface area (Å²) in [6, 6.07) is 37.8. The van der Waals surface area contributed by atoms with Crippen LogP contribution in [-0.4, -0.2) is 111 Å². The summed E-state index contributed by atoms with van der Waals surface area (Å²) < 4.78 is 64.6. The minimum atomic E-state index is -4.79. The number of hydrogen-bond acceptors (Lipinski definition) is 12. The molecular formula is C63H66BrF3N6O9. The van der Waals surface area contributed by atoms with Crippen LogP contribution in [0, 0.1) is 0 Å². The van der Waals surface area contributed by atoms with Crippen LogP contribution in [0.4, 0.5) is 13.2 Å². The van der Waals surface area contributed by atoms with Gasteiger partial charge in [-0.2, -0.15) is 0 Å². The van der Waals surface area contributed by atoms with Gasteiger partial charge in [-0.1, -0.05) is 58.4 Å². The summed E-state index contributed by atoms with van der Waals surface area (Å²) in [6.07, 6.45) is 0.223. The zero-order valence-corrected chi connectivity index (χ0v) is 47.2. The number of benzene rings is 6. The molecule has 15 nitrogen and oxygen atoms in total. The van der Waals surface area contributed by atoms with E-state index in [0.29, 0.717) is 76.8 Å². The zero-order valence-electron chi connectivity index (χ0n) is 45.6. The Hall–Kier alpha value is -7.45. The Morgan fingerprint density at radius 1 is 0.500 bits per heavy atom. The molecule has 0 atom stereocenters. The first-order valence-electron chi connectivity index (χ1n) is 27.5.